The van der Waals surface area contributed by atoms with Gasteiger partial charge < -0.3 is 14.2 Å². The first-order valence-corrected chi connectivity index (χ1v) is 13.5. The third-order valence-electron chi connectivity index (χ3n) is 8.17. The van der Waals surface area contributed by atoms with Crippen LogP contribution in [-0.2, 0) is 22.5 Å². The van der Waals surface area contributed by atoms with Gasteiger partial charge in [0.05, 0.1) is 17.9 Å². The molecule has 2 saturated carbocycles. The molecule has 0 unspecified atom stereocenters. The number of hydrogen-bond acceptors (Lipinski definition) is 3. The number of para-hydroxylation sites is 1. The highest BCUT2D eigenvalue weighted by Crippen LogP contribution is 2.37. The Hall–Kier alpha value is -2.23. The second kappa shape index (κ2) is 10.4. The summed E-state index contributed by atoms with van der Waals surface area (Å²) in [6, 6.07) is 8.79. The number of benzene rings is 1. The normalized spacial score (nSPS) is 20.4. The van der Waals surface area contributed by atoms with Gasteiger partial charge in [0.25, 0.3) is 0 Å². The molecule has 3 aliphatic rings. The third-order valence-corrected chi connectivity index (χ3v) is 8.17. The molecule has 1 aromatic heterocycles. The Kier molecular flexibility index (Phi) is 7.08. The average molecular weight is 449 g/mol. The summed E-state index contributed by atoms with van der Waals surface area (Å²) in [5.41, 5.74) is 4.52. The summed E-state index contributed by atoms with van der Waals surface area (Å²) >= 11 is 0. The van der Waals surface area contributed by atoms with E-state index in [2.05, 4.69) is 39.9 Å². The van der Waals surface area contributed by atoms with Crippen molar-refractivity contribution in [1.82, 2.24) is 9.47 Å². The number of hydrogen-bond donors (Lipinski definition) is 0. The number of esters is 1. The van der Waals surface area contributed by atoms with Crippen molar-refractivity contribution in [2.45, 2.75) is 84.1 Å². The fourth-order valence-electron chi connectivity index (χ4n) is 6.52. The highest BCUT2D eigenvalue weighted by Gasteiger charge is 2.30. The molecule has 5 rings (SSSR count). The van der Waals surface area contributed by atoms with E-state index in [9.17, 15) is 4.79 Å². The molecule has 0 amide bonds. The van der Waals surface area contributed by atoms with E-state index < -0.39 is 0 Å². The Bertz CT molecular complexity index is 992. The molecular formula is C29H40N2O2. The lowest BCUT2D eigenvalue weighted by Gasteiger charge is -2.28. The van der Waals surface area contributed by atoms with Crippen molar-refractivity contribution in [3.8, 4) is 0 Å². The lowest BCUT2D eigenvalue weighted by Crippen LogP contribution is -2.28. The van der Waals surface area contributed by atoms with Gasteiger partial charge in [-0.1, -0.05) is 56.7 Å². The van der Waals surface area contributed by atoms with Crippen LogP contribution in [0.1, 0.15) is 82.4 Å². The van der Waals surface area contributed by atoms with E-state index in [-0.39, 0.29) is 5.97 Å². The second-order valence-electron chi connectivity index (χ2n) is 10.5. The van der Waals surface area contributed by atoms with Crippen molar-refractivity contribution in [2.24, 2.45) is 11.8 Å². The Morgan fingerprint density at radius 3 is 2.30 bits per heavy atom. The van der Waals surface area contributed by atoms with Crippen LogP contribution in [-0.4, -0.2) is 35.1 Å². The van der Waals surface area contributed by atoms with Crippen molar-refractivity contribution < 1.29 is 9.53 Å². The minimum absolute atomic E-state index is 0.165. The van der Waals surface area contributed by atoms with Gasteiger partial charge in [0.1, 0.15) is 0 Å². The molecule has 33 heavy (non-hydrogen) atoms. The number of rotatable bonds is 6. The highest BCUT2D eigenvalue weighted by molar-refractivity contribution is 6.18. The summed E-state index contributed by atoms with van der Waals surface area (Å²) in [5, 5.41) is 1.32. The van der Waals surface area contributed by atoms with E-state index in [4.69, 9.17) is 4.74 Å². The van der Waals surface area contributed by atoms with Gasteiger partial charge in [-0.05, 0) is 62.5 Å². The van der Waals surface area contributed by atoms with Gasteiger partial charge in [-0.2, -0.15) is 0 Å². The third kappa shape index (κ3) is 4.85. The quantitative estimate of drug-likeness (QED) is 0.469. The summed E-state index contributed by atoms with van der Waals surface area (Å²) in [6.07, 6.45) is 16.5. The zero-order valence-electron chi connectivity index (χ0n) is 20.4. The van der Waals surface area contributed by atoms with Gasteiger partial charge in [-0.15, -0.1) is 0 Å². The summed E-state index contributed by atoms with van der Waals surface area (Å²) in [4.78, 5) is 15.8. The summed E-state index contributed by atoms with van der Waals surface area (Å²) in [7, 11) is 0. The fraction of sp³-hybridized carbons (Fsp3) is 0.621. The maximum atomic E-state index is 13.3. The molecule has 2 heterocycles. The van der Waals surface area contributed by atoms with Crippen molar-refractivity contribution in [1.29, 1.82) is 0 Å². The maximum absolute atomic E-state index is 13.3. The lowest BCUT2D eigenvalue weighted by molar-refractivity contribution is -0.136. The minimum atomic E-state index is -0.165. The molecule has 0 atom stereocenters. The molecule has 0 bridgehead atoms. The monoisotopic (exact) mass is 448 g/mol. The Morgan fingerprint density at radius 1 is 0.939 bits per heavy atom. The fourth-order valence-corrected chi connectivity index (χ4v) is 6.52. The molecule has 4 heteroatoms. The van der Waals surface area contributed by atoms with Crippen LogP contribution in [0, 0.1) is 11.8 Å². The maximum Gasteiger partial charge on any atom is 0.341 e. The van der Waals surface area contributed by atoms with Crippen LogP contribution in [0.15, 0.2) is 30.5 Å². The van der Waals surface area contributed by atoms with Crippen LogP contribution in [0.2, 0.25) is 0 Å². The molecular weight excluding hydrogens is 408 g/mol. The summed E-state index contributed by atoms with van der Waals surface area (Å²) in [5.74, 6) is 1.28. The topological polar surface area (TPSA) is 34.5 Å². The van der Waals surface area contributed by atoms with E-state index in [1.54, 1.807) is 0 Å². The number of carbonyl (C=O) groups excluding carboxylic acids is 1. The van der Waals surface area contributed by atoms with Gasteiger partial charge >= 0.3 is 5.97 Å². The molecule has 0 N–H and O–H groups in total. The van der Waals surface area contributed by atoms with Gasteiger partial charge in [-0.25, -0.2) is 4.79 Å². The molecule has 2 fully saturated rings. The van der Waals surface area contributed by atoms with Crippen LogP contribution in [0.5, 0.6) is 0 Å². The number of aromatic nitrogens is 1. The van der Waals surface area contributed by atoms with Crippen molar-refractivity contribution in [3.05, 3.63) is 41.7 Å². The number of carbonyl (C=O) groups is 1. The number of ether oxygens (including phenoxy) is 1. The molecule has 2 aromatic rings. The first kappa shape index (κ1) is 22.6. The van der Waals surface area contributed by atoms with Crippen LogP contribution in [0.4, 0.5) is 0 Å². The first-order valence-electron chi connectivity index (χ1n) is 13.5. The highest BCUT2D eigenvalue weighted by atomic mass is 16.5. The second-order valence-corrected chi connectivity index (χ2v) is 10.5. The Balaban J connectivity index is 1.56. The molecule has 0 radical (unpaired) electrons. The van der Waals surface area contributed by atoms with Crippen molar-refractivity contribution in [3.63, 3.8) is 0 Å². The molecule has 1 aliphatic heterocycles. The standard InChI is InChI=1S/C29H40N2O2/c1-2-33-29(32)26-21-30(19-22-11-5-3-6-12-22)18-17-25-24-15-9-10-16-27(24)31(28(25)26)20-23-13-7-4-8-14-23/h9-10,15-16,21-23H,2-8,11-14,17-20H2,1H3. The van der Waals surface area contributed by atoms with E-state index in [0.29, 0.717) is 12.5 Å². The van der Waals surface area contributed by atoms with Gasteiger partial charge in [-0.3, -0.25) is 0 Å². The van der Waals surface area contributed by atoms with Gasteiger partial charge in [0.15, 0.2) is 0 Å². The summed E-state index contributed by atoms with van der Waals surface area (Å²) in [6.45, 7) is 5.37. The minimum Gasteiger partial charge on any atom is -0.462 e. The predicted molar refractivity (Wildman–Crippen MR) is 135 cm³/mol. The van der Waals surface area contributed by atoms with Crippen LogP contribution in [0.3, 0.4) is 0 Å². The Labute approximate surface area is 199 Å². The molecule has 0 saturated heterocycles. The molecule has 178 valence electrons. The molecule has 1 aromatic carbocycles. The van der Waals surface area contributed by atoms with Crippen LogP contribution < -0.4 is 0 Å². The predicted octanol–water partition coefficient (Wildman–Crippen LogP) is 6.56. The largest absolute Gasteiger partial charge is 0.462 e. The zero-order valence-corrected chi connectivity index (χ0v) is 20.4. The molecule has 2 aliphatic carbocycles. The first-order chi connectivity index (χ1) is 16.2. The lowest BCUT2D eigenvalue weighted by atomic mass is 9.89. The zero-order chi connectivity index (χ0) is 22.6. The van der Waals surface area contributed by atoms with E-state index >= 15 is 0 Å². The molecule has 4 nitrogen and oxygen atoms in total. The summed E-state index contributed by atoms with van der Waals surface area (Å²) < 4.78 is 8.11. The van der Waals surface area contributed by atoms with E-state index in [0.717, 1.165) is 43.2 Å². The smallest absolute Gasteiger partial charge is 0.341 e. The van der Waals surface area contributed by atoms with Gasteiger partial charge in [0.2, 0.25) is 0 Å². The van der Waals surface area contributed by atoms with Crippen molar-refractivity contribution >= 4 is 22.4 Å². The van der Waals surface area contributed by atoms with E-state index in [1.807, 2.05) is 6.92 Å². The number of fused-ring (bicyclic) bond motifs is 3. The number of nitrogens with zero attached hydrogens (tertiary/aromatic N) is 2. The van der Waals surface area contributed by atoms with Crippen LogP contribution in [0.25, 0.3) is 16.5 Å². The SMILES string of the molecule is CCOC(=O)C1=CN(CC2CCCCC2)CCc2c1n(CC1CCCCC1)c1ccccc21. The Morgan fingerprint density at radius 2 is 1.61 bits per heavy atom. The van der Waals surface area contributed by atoms with Crippen LogP contribution >= 0.6 is 0 Å². The van der Waals surface area contributed by atoms with Crippen molar-refractivity contribution in [2.75, 3.05) is 19.7 Å². The molecule has 0 spiro atoms. The average Bonchev–Trinajstić information content (AvgIpc) is 3.02. The van der Waals surface area contributed by atoms with E-state index in [1.165, 1.54) is 80.7 Å². The van der Waals surface area contributed by atoms with Gasteiger partial charge in [0, 0.05) is 36.7 Å².